The van der Waals surface area contributed by atoms with Gasteiger partial charge in [0.1, 0.15) is 0 Å². The first-order chi connectivity index (χ1) is 2.80. The maximum absolute atomic E-state index is 3.17. The van der Waals surface area contributed by atoms with Gasteiger partial charge in [0.25, 0.3) is 0 Å². The van der Waals surface area contributed by atoms with Gasteiger partial charge in [0, 0.05) is 0 Å². The Labute approximate surface area is 38.9 Å². The lowest BCUT2D eigenvalue weighted by Gasteiger charge is -2.17. The Morgan fingerprint density at radius 2 is 2.33 bits per heavy atom. The van der Waals surface area contributed by atoms with E-state index in [0.29, 0.717) is 0 Å². The average Bonchev–Trinajstić information content (AvgIpc) is 1.61. The zero-order valence-corrected chi connectivity index (χ0v) is 4.28. The molecule has 0 bridgehead atoms. The summed E-state index contributed by atoms with van der Waals surface area (Å²) in [6, 6.07) is 0. The third kappa shape index (κ3) is 0.368. The maximum atomic E-state index is 3.17. The quantitative estimate of drug-likeness (QED) is 0.417. The van der Waals surface area contributed by atoms with E-state index < -0.39 is 0 Å². The minimum atomic E-state index is 0.838. The summed E-state index contributed by atoms with van der Waals surface area (Å²) < 4.78 is 0. The summed E-state index contributed by atoms with van der Waals surface area (Å²) in [5, 5.41) is 0. The van der Waals surface area contributed by atoms with Gasteiger partial charge in [-0.2, -0.15) is 0 Å². The summed E-state index contributed by atoms with van der Waals surface area (Å²) in [5.74, 6) is 0.838. The molecule has 0 nitrogen and oxygen atoms in total. The molecule has 6 heavy (non-hydrogen) atoms. The van der Waals surface area contributed by atoms with Gasteiger partial charge < -0.3 is 0 Å². The summed E-state index contributed by atoms with van der Waals surface area (Å²) in [7, 11) is 0. The molecule has 0 saturated heterocycles. The summed E-state index contributed by atoms with van der Waals surface area (Å²) in [6.45, 7) is 4.36. The van der Waals surface area contributed by atoms with Crippen LogP contribution < -0.4 is 0 Å². The molecule has 0 aromatic heterocycles. The minimum absolute atomic E-state index is 0.838. The van der Waals surface area contributed by atoms with E-state index >= 15 is 0 Å². The Morgan fingerprint density at radius 3 is 2.33 bits per heavy atom. The van der Waals surface area contributed by atoms with Crippen molar-refractivity contribution in [1.29, 1.82) is 0 Å². The van der Waals surface area contributed by atoms with Crippen LogP contribution in [0.4, 0.5) is 0 Å². The van der Waals surface area contributed by atoms with Gasteiger partial charge in [-0.1, -0.05) is 12.5 Å². The highest BCUT2D eigenvalue weighted by atomic mass is 14.1. The Morgan fingerprint density at radius 1 is 1.83 bits per heavy atom. The largest absolute Gasteiger partial charge is 0.0667 e. The van der Waals surface area contributed by atoms with Crippen molar-refractivity contribution >= 4 is 0 Å². The average molecular weight is 81.1 g/mol. The molecule has 1 rings (SSSR count). The van der Waals surface area contributed by atoms with Gasteiger partial charge in [-0.05, 0) is 25.3 Å². The highest BCUT2D eigenvalue weighted by Crippen LogP contribution is 2.23. The lowest BCUT2D eigenvalue weighted by molar-refractivity contribution is 0.605. The molecule has 1 radical (unpaired) electrons. The van der Waals surface area contributed by atoms with E-state index in [2.05, 4.69) is 19.9 Å². The molecule has 1 aliphatic carbocycles. The van der Waals surface area contributed by atoms with Crippen LogP contribution in [0, 0.1) is 12.0 Å². The Hall–Kier alpha value is -0.260. The molecule has 0 amide bonds. The second-order valence-corrected chi connectivity index (χ2v) is 1.96. The van der Waals surface area contributed by atoms with Crippen molar-refractivity contribution in [3.63, 3.8) is 0 Å². The normalized spacial score (nSPS) is 31.7. The molecule has 1 unspecified atom stereocenters. The van der Waals surface area contributed by atoms with E-state index in [0.717, 1.165) is 5.92 Å². The molecular weight excluding hydrogens is 72.1 g/mol. The molecule has 0 N–H and O–H groups in total. The van der Waals surface area contributed by atoms with Crippen LogP contribution in [0.25, 0.3) is 0 Å². The van der Waals surface area contributed by atoms with Gasteiger partial charge in [-0.3, -0.25) is 0 Å². The summed E-state index contributed by atoms with van der Waals surface area (Å²) in [6.07, 6.45) is 4.36. The summed E-state index contributed by atoms with van der Waals surface area (Å²) in [4.78, 5) is 0. The first-order valence-electron chi connectivity index (χ1n) is 2.38. The lowest BCUT2D eigenvalue weighted by Crippen LogP contribution is -2.04. The van der Waals surface area contributed by atoms with Gasteiger partial charge in [0.2, 0.25) is 0 Å². The van der Waals surface area contributed by atoms with Crippen LogP contribution in [-0.2, 0) is 0 Å². The van der Waals surface area contributed by atoms with Crippen LogP contribution >= 0.6 is 0 Å². The highest BCUT2D eigenvalue weighted by molar-refractivity contribution is 5.07. The molecular formula is C6H9. The molecule has 0 saturated carbocycles. The molecule has 0 aromatic rings. The van der Waals surface area contributed by atoms with Gasteiger partial charge in [0.15, 0.2) is 0 Å². The molecule has 0 spiro atoms. The minimum Gasteiger partial charge on any atom is -0.0667 e. The van der Waals surface area contributed by atoms with E-state index in [9.17, 15) is 0 Å². The van der Waals surface area contributed by atoms with Crippen molar-refractivity contribution in [2.75, 3.05) is 0 Å². The fraction of sp³-hybridized carbons (Fsp3) is 0.667. The van der Waals surface area contributed by atoms with E-state index in [-0.39, 0.29) is 0 Å². The van der Waals surface area contributed by atoms with Crippen LogP contribution in [0.3, 0.4) is 0 Å². The van der Waals surface area contributed by atoms with Crippen molar-refractivity contribution in [3.05, 3.63) is 11.6 Å². The van der Waals surface area contributed by atoms with E-state index in [1.165, 1.54) is 12.0 Å². The number of hydrogen-bond acceptors (Lipinski definition) is 0. The maximum Gasteiger partial charge on any atom is -0.0188 e. The molecule has 33 valence electrons. The van der Waals surface area contributed by atoms with Crippen molar-refractivity contribution in [1.82, 2.24) is 0 Å². The smallest absolute Gasteiger partial charge is 0.0188 e. The third-order valence-electron chi connectivity index (χ3n) is 1.43. The predicted octanol–water partition coefficient (Wildman–Crippen LogP) is 1.78. The second kappa shape index (κ2) is 1.11. The predicted molar refractivity (Wildman–Crippen MR) is 26.2 cm³/mol. The van der Waals surface area contributed by atoms with E-state index in [1.807, 2.05) is 0 Å². The monoisotopic (exact) mass is 81.1 g/mol. The highest BCUT2D eigenvalue weighted by Gasteiger charge is 2.09. The number of allylic oxidation sites excluding steroid dienone is 2. The van der Waals surface area contributed by atoms with Crippen molar-refractivity contribution in [3.8, 4) is 0 Å². The zero-order chi connectivity index (χ0) is 4.57. The number of rotatable bonds is 0. The molecule has 1 atom stereocenters. The van der Waals surface area contributed by atoms with E-state index in [4.69, 9.17) is 0 Å². The number of hydrogen-bond donors (Lipinski definition) is 0. The van der Waals surface area contributed by atoms with Crippen LogP contribution in [0.1, 0.15) is 20.3 Å². The molecule has 0 aromatic carbocycles. The first kappa shape index (κ1) is 3.91. The Balaban J connectivity index is 2.51. The van der Waals surface area contributed by atoms with Crippen LogP contribution in [-0.4, -0.2) is 0 Å². The van der Waals surface area contributed by atoms with Crippen molar-refractivity contribution in [2.45, 2.75) is 20.3 Å². The van der Waals surface area contributed by atoms with Crippen LogP contribution in [0.2, 0.25) is 0 Å². The van der Waals surface area contributed by atoms with Crippen molar-refractivity contribution in [2.24, 2.45) is 5.92 Å². The summed E-state index contributed by atoms with van der Waals surface area (Å²) >= 11 is 0. The molecule has 0 heterocycles. The van der Waals surface area contributed by atoms with Gasteiger partial charge in [-0.15, -0.1) is 0 Å². The Kier molecular flexibility index (Phi) is 0.722. The fourth-order valence-corrected chi connectivity index (χ4v) is 0.510. The molecule has 0 fully saturated rings. The fourth-order valence-electron chi connectivity index (χ4n) is 0.510. The van der Waals surface area contributed by atoms with Crippen LogP contribution in [0.5, 0.6) is 0 Å². The Bertz CT molecular complexity index is 80.0. The summed E-state index contributed by atoms with van der Waals surface area (Å²) in [5.41, 5.74) is 1.44. The zero-order valence-electron chi connectivity index (χ0n) is 4.28. The molecule has 1 aliphatic rings. The van der Waals surface area contributed by atoms with Gasteiger partial charge >= 0.3 is 0 Å². The van der Waals surface area contributed by atoms with Crippen molar-refractivity contribution < 1.29 is 0 Å². The second-order valence-electron chi connectivity index (χ2n) is 1.96. The van der Waals surface area contributed by atoms with Crippen LogP contribution in [0.15, 0.2) is 5.57 Å². The standard InChI is InChI=1S/C6H9/c1-5-3-4-6(5)2/h5H,3H2,1-2H3. The molecule has 0 heteroatoms. The lowest BCUT2D eigenvalue weighted by atomic mass is 9.88. The van der Waals surface area contributed by atoms with Gasteiger partial charge in [-0.25, -0.2) is 0 Å². The van der Waals surface area contributed by atoms with Gasteiger partial charge in [0.05, 0.1) is 0 Å². The SMILES string of the molecule is CC1=[C]CC1C. The third-order valence-corrected chi connectivity index (χ3v) is 1.43. The topological polar surface area (TPSA) is 0 Å². The first-order valence-corrected chi connectivity index (χ1v) is 2.38. The molecule has 0 aliphatic heterocycles. The van der Waals surface area contributed by atoms with E-state index in [1.54, 1.807) is 0 Å².